The summed E-state index contributed by atoms with van der Waals surface area (Å²) >= 11 is 0. The lowest BCUT2D eigenvalue weighted by atomic mass is 9.74. The first kappa shape index (κ1) is 16.5. The smallest absolute Gasteiger partial charge is 0.220 e. The van der Waals surface area contributed by atoms with E-state index in [0.717, 1.165) is 13.0 Å². The molecule has 1 aliphatic rings. The lowest BCUT2D eigenvalue weighted by Crippen LogP contribution is -2.43. The molecule has 0 aromatic heterocycles. The van der Waals surface area contributed by atoms with Gasteiger partial charge in [-0.2, -0.15) is 0 Å². The number of hydrogen-bond donors (Lipinski definition) is 2. The molecule has 0 unspecified atom stereocenters. The van der Waals surface area contributed by atoms with Gasteiger partial charge in [-0.3, -0.25) is 4.79 Å². The highest BCUT2D eigenvalue weighted by Gasteiger charge is 2.30. The summed E-state index contributed by atoms with van der Waals surface area (Å²) in [6, 6.07) is 0. The molecule has 0 spiro atoms. The molecule has 1 saturated carbocycles. The Morgan fingerprint density at radius 1 is 1.11 bits per heavy atom. The van der Waals surface area contributed by atoms with Crippen LogP contribution in [0.4, 0.5) is 0 Å². The van der Waals surface area contributed by atoms with Crippen LogP contribution in [0.3, 0.4) is 0 Å². The van der Waals surface area contributed by atoms with Crippen molar-refractivity contribution in [2.24, 2.45) is 11.1 Å². The number of carbonyl (C=O) groups excluding carboxylic acids is 1. The Kier molecular flexibility index (Phi) is 8.11. The van der Waals surface area contributed by atoms with E-state index < -0.39 is 0 Å². The fraction of sp³-hybridized carbons (Fsp3) is 0.938. The van der Waals surface area contributed by atoms with Crippen LogP contribution in [-0.4, -0.2) is 19.0 Å². The minimum absolute atomic E-state index is 0.191. The zero-order valence-electron chi connectivity index (χ0n) is 12.7. The Balaban J connectivity index is 2.14. The van der Waals surface area contributed by atoms with Gasteiger partial charge in [-0.05, 0) is 31.2 Å². The van der Waals surface area contributed by atoms with Crippen molar-refractivity contribution in [2.75, 3.05) is 13.1 Å². The molecule has 3 nitrogen and oxygen atoms in total. The molecule has 1 fully saturated rings. The number of amides is 1. The second-order valence-corrected chi connectivity index (χ2v) is 6.21. The van der Waals surface area contributed by atoms with Crippen molar-refractivity contribution in [1.82, 2.24) is 5.32 Å². The van der Waals surface area contributed by atoms with E-state index in [4.69, 9.17) is 5.73 Å². The van der Waals surface area contributed by atoms with E-state index in [9.17, 15) is 4.79 Å². The predicted molar refractivity (Wildman–Crippen MR) is 81.0 cm³/mol. The lowest BCUT2D eigenvalue weighted by Gasteiger charge is -2.36. The molecule has 19 heavy (non-hydrogen) atoms. The first-order valence-corrected chi connectivity index (χ1v) is 8.19. The molecular formula is C16H32N2O. The van der Waals surface area contributed by atoms with Crippen LogP contribution in [0.25, 0.3) is 0 Å². The summed E-state index contributed by atoms with van der Waals surface area (Å²) < 4.78 is 0. The van der Waals surface area contributed by atoms with Gasteiger partial charge in [-0.15, -0.1) is 0 Å². The van der Waals surface area contributed by atoms with Crippen LogP contribution in [0.2, 0.25) is 0 Å². The molecule has 3 heteroatoms. The molecule has 1 aliphatic carbocycles. The second kappa shape index (κ2) is 9.35. The maximum Gasteiger partial charge on any atom is 0.220 e. The molecule has 0 heterocycles. The van der Waals surface area contributed by atoms with E-state index in [1.807, 2.05) is 0 Å². The van der Waals surface area contributed by atoms with Crippen LogP contribution in [0.15, 0.2) is 0 Å². The van der Waals surface area contributed by atoms with Gasteiger partial charge in [0.2, 0.25) is 5.91 Å². The van der Waals surface area contributed by atoms with Gasteiger partial charge in [0, 0.05) is 13.0 Å². The van der Waals surface area contributed by atoms with E-state index >= 15 is 0 Å². The predicted octanol–water partition coefficient (Wildman–Crippen LogP) is 3.37. The number of hydrogen-bond acceptors (Lipinski definition) is 2. The monoisotopic (exact) mass is 268 g/mol. The fourth-order valence-electron chi connectivity index (χ4n) is 3.02. The first-order valence-electron chi connectivity index (χ1n) is 8.19. The van der Waals surface area contributed by atoms with Gasteiger partial charge in [0.15, 0.2) is 0 Å². The molecule has 0 bridgehead atoms. The first-order chi connectivity index (χ1) is 9.22. The quantitative estimate of drug-likeness (QED) is 0.630. The van der Waals surface area contributed by atoms with Crippen molar-refractivity contribution < 1.29 is 4.79 Å². The van der Waals surface area contributed by atoms with E-state index in [-0.39, 0.29) is 11.3 Å². The molecule has 0 saturated heterocycles. The maximum atomic E-state index is 11.8. The molecule has 1 amide bonds. The summed E-state index contributed by atoms with van der Waals surface area (Å²) in [5.74, 6) is 0.217. The molecule has 0 atom stereocenters. The molecule has 112 valence electrons. The Morgan fingerprint density at radius 3 is 2.42 bits per heavy atom. The summed E-state index contributed by atoms with van der Waals surface area (Å²) in [6.07, 6.45) is 12.9. The van der Waals surface area contributed by atoms with E-state index in [0.29, 0.717) is 13.0 Å². The van der Waals surface area contributed by atoms with Crippen LogP contribution in [0.5, 0.6) is 0 Å². The molecule has 3 N–H and O–H groups in total. The van der Waals surface area contributed by atoms with Gasteiger partial charge in [0.25, 0.3) is 0 Å². The Hall–Kier alpha value is -0.570. The minimum atomic E-state index is 0.191. The van der Waals surface area contributed by atoms with Gasteiger partial charge in [0.1, 0.15) is 0 Å². The number of carbonyl (C=O) groups is 1. The van der Waals surface area contributed by atoms with Gasteiger partial charge in [-0.1, -0.05) is 51.9 Å². The minimum Gasteiger partial charge on any atom is -0.355 e. The van der Waals surface area contributed by atoms with Crippen LogP contribution in [0, 0.1) is 5.41 Å². The molecule has 0 radical (unpaired) electrons. The van der Waals surface area contributed by atoms with Gasteiger partial charge < -0.3 is 11.1 Å². The molecule has 0 aliphatic heterocycles. The van der Waals surface area contributed by atoms with Crippen molar-refractivity contribution in [1.29, 1.82) is 0 Å². The number of unbranched alkanes of at least 4 members (excludes halogenated alkanes) is 4. The van der Waals surface area contributed by atoms with Gasteiger partial charge >= 0.3 is 0 Å². The summed E-state index contributed by atoms with van der Waals surface area (Å²) in [6.45, 7) is 3.71. The largest absolute Gasteiger partial charge is 0.355 e. The van der Waals surface area contributed by atoms with Crippen LogP contribution in [-0.2, 0) is 4.79 Å². The second-order valence-electron chi connectivity index (χ2n) is 6.21. The standard InChI is InChI=1S/C16H32N2O/c1-2-3-4-5-7-10-15(19)18-14-16(13-17)11-8-6-9-12-16/h2-14,17H2,1H3,(H,18,19). The third-order valence-corrected chi connectivity index (χ3v) is 4.52. The highest BCUT2D eigenvalue weighted by molar-refractivity contribution is 5.75. The van der Waals surface area contributed by atoms with Crippen molar-refractivity contribution >= 4 is 5.91 Å². The Morgan fingerprint density at radius 2 is 1.79 bits per heavy atom. The summed E-state index contributed by atoms with van der Waals surface area (Å²) in [5, 5.41) is 3.12. The highest BCUT2D eigenvalue weighted by Crippen LogP contribution is 2.34. The average molecular weight is 268 g/mol. The zero-order chi connectivity index (χ0) is 14.0. The van der Waals surface area contributed by atoms with Crippen molar-refractivity contribution in [3.05, 3.63) is 0 Å². The fourth-order valence-corrected chi connectivity index (χ4v) is 3.02. The van der Waals surface area contributed by atoms with E-state index in [1.54, 1.807) is 0 Å². The third-order valence-electron chi connectivity index (χ3n) is 4.52. The molecule has 1 rings (SSSR count). The van der Waals surface area contributed by atoms with Crippen molar-refractivity contribution in [3.8, 4) is 0 Å². The summed E-state index contributed by atoms with van der Waals surface area (Å²) in [7, 11) is 0. The SMILES string of the molecule is CCCCCCCC(=O)NCC1(CN)CCCCC1. The number of rotatable bonds is 9. The average Bonchev–Trinajstić information content (AvgIpc) is 2.46. The lowest BCUT2D eigenvalue weighted by molar-refractivity contribution is -0.121. The van der Waals surface area contributed by atoms with Gasteiger partial charge in [-0.25, -0.2) is 0 Å². The van der Waals surface area contributed by atoms with Crippen LogP contribution >= 0.6 is 0 Å². The Bertz CT molecular complexity index is 247. The summed E-state index contributed by atoms with van der Waals surface area (Å²) in [4.78, 5) is 11.8. The number of nitrogens with one attached hydrogen (secondary N) is 1. The third kappa shape index (κ3) is 6.42. The normalized spacial score (nSPS) is 18.2. The molecule has 0 aromatic rings. The van der Waals surface area contributed by atoms with Crippen LogP contribution in [0.1, 0.15) is 77.6 Å². The zero-order valence-corrected chi connectivity index (χ0v) is 12.7. The molecule has 0 aromatic carbocycles. The van der Waals surface area contributed by atoms with E-state index in [1.165, 1.54) is 57.8 Å². The van der Waals surface area contributed by atoms with Gasteiger partial charge in [0.05, 0.1) is 0 Å². The van der Waals surface area contributed by atoms with Crippen LogP contribution < -0.4 is 11.1 Å². The molecular weight excluding hydrogens is 236 g/mol. The number of nitrogens with two attached hydrogens (primary N) is 1. The topological polar surface area (TPSA) is 55.1 Å². The Labute approximate surface area is 118 Å². The van der Waals surface area contributed by atoms with Crippen molar-refractivity contribution in [2.45, 2.75) is 77.6 Å². The van der Waals surface area contributed by atoms with E-state index in [2.05, 4.69) is 12.2 Å². The highest BCUT2D eigenvalue weighted by atomic mass is 16.1. The van der Waals surface area contributed by atoms with Crippen molar-refractivity contribution in [3.63, 3.8) is 0 Å². The summed E-state index contributed by atoms with van der Waals surface area (Å²) in [5.41, 5.74) is 6.12. The maximum absolute atomic E-state index is 11.8.